The number of rotatable bonds is 7. The molecule has 4 heterocycles. The number of nitrogens with zero attached hydrogens (tertiary/aromatic N) is 5. The van der Waals surface area contributed by atoms with Crippen molar-refractivity contribution in [3.8, 4) is 11.3 Å². The Morgan fingerprint density at radius 1 is 1.14 bits per heavy atom. The predicted molar refractivity (Wildman–Crippen MR) is 148 cm³/mol. The number of nitrogens with one attached hydrogen (secondary N) is 2. The lowest BCUT2D eigenvalue weighted by Crippen LogP contribution is -2.11. The monoisotopic (exact) mass is 515 g/mol. The van der Waals surface area contributed by atoms with Crippen LogP contribution >= 0.6 is 11.3 Å². The summed E-state index contributed by atoms with van der Waals surface area (Å²) in [5.74, 6) is 1.64. The van der Waals surface area contributed by atoms with Crippen LogP contribution in [0, 0.1) is 6.92 Å². The van der Waals surface area contributed by atoms with Crippen LogP contribution in [0.3, 0.4) is 0 Å². The summed E-state index contributed by atoms with van der Waals surface area (Å²) < 4.78 is 2.05. The number of carbonyl (C=O) groups excluding carboxylic acids is 1. The van der Waals surface area contributed by atoms with Gasteiger partial charge >= 0.3 is 0 Å². The van der Waals surface area contributed by atoms with Gasteiger partial charge in [0.15, 0.2) is 11.6 Å². The van der Waals surface area contributed by atoms with Gasteiger partial charge in [-0.3, -0.25) is 9.48 Å². The van der Waals surface area contributed by atoms with Gasteiger partial charge in [-0.1, -0.05) is 32.9 Å². The molecule has 8 nitrogen and oxygen atoms in total. The van der Waals surface area contributed by atoms with Gasteiger partial charge in [-0.2, -0.15) is 5.10 Å². The fourth-order valence-corrected chi connectivity index (χ4v) is 5.34. The van der Waals surface area contributed by atoms with E-state index >= 15 is 0 Å². The third-order valence-electron chi connectivity index (χ3n) is 6.50. The van der Waals surface area contributed by atoms with Crippen LogP contribution in [-0.2, 0) is 24.9 Å². The Morgan fingerprint density at radius 3 is 2.78 bits per heavy atom. The van der Waals surface area contributed by atoms with Crippen LogP contribution in [0.2, 0.25) is 0 Å². The molecule has 0 atom stereocenters. The normalized spacial score (nSPS) is 13.7. The highest BCUT2D eigenvalue weighted by molar-refractivity contribution is 7.13. The average molecular weight is 516 g/mol. The molecule has 192 valence electrons. The second-order valence-electron chi connectivity index (χ2n) is 10.5. The molecule has 9 heteroatoms. The van der Waals surface area contributed by atoms with Crippen LogP contribution in [0.5, 0.6) is 0 Å². The zero-order chi connectivity index (χ0) is 26.0. The summed E-state index contributed by atoms with van der Waals surface area (Å²) in [4.78, 5) is 26.8. The predicted octanol–water partition coefficient (Wildman–Crippen LogP) is 5.45. The van der Waals surface area contributed by atoms with E-state index in [0.29, 0.717) is 18.7 Å². The number of Topliss-reactive ketones (excluding diaryl/α,β-unsaturated/α-hetero) is 1. The van der Waals surface area contributed by atoms with Gasteiger partial charge in [0.05, 0.1) is 21.3 Å². The second kappa shape index (κ2) is 10.5. The third-order valence-corrected chi connectivity index (χ3v) is 7.96. The Balaban J connectivity index is 1.25. The third kappa shape index (κ3) is 5.94. The van der Waals surface area contributed by atoms with Gasteiger partial charge in [0.1, 0.15) is 12.1 Å². The maximum absolute atomic E-state index is 12.8. The number of hydrogen-bond donors (Lipinski definition) is 2. The Morgan fingerprint density at radius 2 is 2.00 bits per heavy atom. The maximum Gasteiger partial charge on any atom is 0.174 e. The lowest BCUT2D eigenvalue weighted by molar-refractivity contribution is 0.0986. The minimum absolute atomic E-state index is 0.0407. The van der Waals surface area contributed by atoms with Crippen molar-refractivity contribution in [3.63, 3.8) is 0 Å². The summed E-state index contributed by atoms with van der Waals surface area (Å²) in [5, 5.41) is 12.4. The summed E-state index contributed by atoms with van der Waals surface area (Å²) in [5.41, 5.74) is 5.29. The van der Waals surface area contributed by atoms with Crippen molar-refractivity contribution >= 4 is 28.8 Å². The smallest absolute Gasteiger partial charge is 0.174 e. The van der Waals surface area contributed by atoms with Gasteiger partial charge in [0, 0.05) is 48.8 Å². The van der Waals surface area contributed by atoms with Gasteiger partial charge in [0.2, 0.25) is 0 Å². The molecule has 1 aliphatic heterocycles. The summed E-state index contributed by atoms with van der Waals surface area (Å²) in [6.45, 7) is 11.2. The number of fused-ring (bicyclic) bond motifs is 1. The van der Waals surface area contributed by atoms with Crippen molar-refractivity contribution in [1.82, 2.24) is 30.0 Å². The van der Waals surface area contributed by atoms with E-state index in [4.69, 9.17) is 0 Å². The van der Waals surface area contributed by atoms with Crippen molar-refractivity contribution in [3.05, 3.63) is 69.6 Å². The molecule has 0 bridgehead atoms. The Labute approximate surface area is 221 Å². The summed E-state index contributed by atoms with van der Waals surface area (Å²) >= 11 is 1.51. The van der Waals surface area contributed by atoms with Crippen LogP contribution in [0.4, 0.5) is 11.6 Å². The molecule has 0 radical (unpaired) electrons. The quantitative estimate of drug-likeness (QED) is 0.316. The SMILES string of the molecule is Cc1cc(-c2cc(Nc3cc4n(n3)CCCNC4)ncn2)ccc1CCC(=O)c1cnc(C(C)(C)C)s1. The number of aryl methyl sites for hydroxylation is 3. The minimum Gasteiger partial charge on any atom is -0.323 e. The molecule has 0 aliphatic carbocycles. The Hall–Kier alpha value is -3.43. The van der Waals surface area contributed by atoms with Gasteiger partial charge in [-0.05, 0) is 43.5 Å². The maximum atomic E-state index is 12.8. The molecule has 0 amide bonds. The molecule has 0 fully saturated rings. The zero-order valence-corrected chi connectivity index (χ0v) is 22.7. The fraction of sp³-hybridized carbons (Fsp3) is 0.393. The van der Waals surface area contributed by atoms with E-state index < -0.39 is 0 Å². The van der Waals surface area contributed by atoms with Crippen molar-refractivity contribution in [2.75, 3.05) is 11.9 Å². The number of carbonyl (C=O) groups is 1. The van der Waals surface area contributed by atoms with Crippen LogP contribution < -0.4 is 10.6 Å². The van der Waals surface area contributed by atoms with E-state index in [1.807, 2.05) is 6.07 Å². The van der Waals surface area contributed by atoms with Crippen molar-refractivity contribution in [2.24, 2.45) is 0 Å². The minimum atomic E-state index is -0.0407. The number of hydrogen-bond acceptors (Lipinski definition) is 8. The highest BCUT2D eigenvalue weighted by atomic mass is 32.1. The first-order valence-corrected chi connectivity index (χ1v) is 13.5. The molecule has 37 heavy (non-hydrogen) atoms. The molecular formula is C28H33N7OS. The molecule has 1 aromatic carbocycles. The lowest BCUT2D eigenvalue weighted by Gasteiger charge is -2.13. The van der Waals surface area contributed by atoms with E-state index in [-0.39, 0.29) is 11.2 Å². The van der Waals surface area contributed by atoms with Crippen LogP contribution in [0.1, 0.15) is 65.1 Å². The molecule has 0 spiro atoms. The second-order valence-corrected chi connectivity index (χ2v) is 11.6. The standard InChI is InChI=1S/C28H33N7OS/c1-18-12-20(7-6-19(18)8-9-23(36)24-16-30-27(37-24)28(2,3)4)22-14-25(32-17-31-22)33-26-13-21-15-29-10-5-11-35(21)34-26/h6-7,12-14,16-17,29H,5,8-11,15H2,1-4H3,(H,31,32,33,34). The molecule has 5 rings (SSSR count). The fourth-order valence-electron chi connectivity index (χ4n) is 4.39. The first-order valence-electron chi connectivity index (χ1n) is 12.7. The molecular weight excluding hydrogens is 482 g/mol. The average Bonchev–Trinajstić information content (AvgIpc) is 3.46. The van der Waals surface area contributed by atoms with E-state index in [1.54, 1.807) is 12.5 Å². The molecule has 3 aromatic heterocycles. The lowest BCUT2D eigenvalue weighted by atomic mass is 9.98. The number of ketones is 1. The number of anilines is 2. The number of aromatic nitrogens is 5. The van der Waals surface area contributed by atoms with Crippen molar-refractivity contribution in [1.29, 1.82) is 0 Å². The topological polar surface area (TPSA) is 97.6 Å². The molecule has 0 saturated heterocycles. The number of thiazole rings is 1. The Kier molecular flexibility index (Phi) is 7.17. The van der Waals surface area contributed by atoms with Gasteiger partial charge < -0.3 is 10.6 Å². The summed E-state index contributed by atoms with van der Waals surface area (Å²) in [7, 11) is 0. The largest absolute Gasteiger partial charge is 0.323 e. The Bertz CT molecular complexity index is 1390. The highest BCUT2D eigenvalue weighted by Crippen LogP contribution is 2.28. The van der Waals surface area contributed by atoms with E-state index in [9.17, 15) is 4.79 Å². The number of benzene rings is 1. The van der Waals surface area contributed by atoms with E-state index in [2.05, 4.69) is 87.3 Å². The first-order chi connectivity index (χ1) is 17.8. The van der Waals surface area contributed by atoms with Crippen molar-refractivity contribution in [2.45, 2.75) is 65.5 Å². The van der Waals surface area contributed by atoms with Crippen LogP contribution in [0.15, 0.2) is 42.9 Å². The van der Waals surface area contributed by atoms with Crippen molar-refractivity contribution < 1.29 is 4.79 Å². The van der Waals surface area contributed by atoms with E-state index in [1.165, 1.54) is 17.0 Å². The molecule has 1 aliphatic rings. The zero-order valence-electron chi connectivity index (χ0n) is 21.8. The van der Waals surface area contributed by atoms with Crippen LogP contribution in [-0.4, -0.2) is 37.1 Å². The molecule has 2 N–H and O–H groups in total. The van der Waals surface area contributed by atoms with E-state index in [0.717, 1.165) is 64.1 Å². The summed E-state index contributed by atoms with van der Waals surface area (Å²) in [6, 6.07) is 10.3. The molecule has 0 saturated carbocycles. The summed E-state index contributed by atoms with van der Waals surface area (Å²) in [6.07, 6.45) is 5.53. The first kappa shape index (κ1) is 25.2. The van der Waals surface area contributed by atoms with Gasteiger partial charge in [-0.25, -0.2) is 15.0 Å². The highest BCUT2D eigenvalue weighted by Gasteiger charge is 2.20. The van der Waals surface area contributed by atoms with Gasteiger partial charge in [-0.15, -0.1) is 11.3 Å². The van der Waals surface area contributed by atoms with Gasteiger partial charge in [0.25, 0.3) is 0 Å². The van der Waals surface area contributed by atoms with Crippen LogP contribution in [0.25, 0.3) is 11.3 Å². The molecule has 4 aromatic rings. The molecule has 0 unspecified atom stereocenters.